The Balaban J connectivity index is 2.42. The number of nitrogens with zero attached hydrogens (tertiary/aromatic N) is 2. The molecule has 0 fully saturated rings. The van der Waals surface area contributed by atoms with Crippen molar-refractivity contribution in [2.45, 2.75) is 13.3 Å². The van der Waals surface area contributed by atoms with Gasteiger partial charge in [0, 0.05) is 4.88 Å². The van der Waals surface area contributed by atoms with E-state index in [1.165, 1.54) is 4.88 Å². The van der Waals surface area contributed by atoms with Crippen LogP contribution in [0.15, 0.2) is 24.3 Å². The van der Waals surface area contributed by atoms with Crippen LogP contribution in [0.2, 0.25) is 0 Å². The van der Waals surface area contributed by atoms with E-state index in [1.54, 1.807) is 17.4 Å². The van der Waals surface area contributed by atoms with Crippen molar-refractivity contribution in [3.63, 3.8) is 0 Å². The van der Waals surface area contributed by atoms with Gasteiger partial charge in [0.1, 0.15) is 11.9 Å². The number of nitrogen functional groups attached to an aromatic ring is 1. The van der Waals surface area contributed by atoms with Crippen molar-refractivity contribution in [2.75, 3.05) is 5.73 Å². The fourth-order valence-electron chi connectivity index (χ4n) is 1.41. The summed E-state index contributed by atoms with van der Waals surface area (Å²) >= 11 is 1.71. The van der Waals surface area contributed by atoms with E-state index in [-0.39, 0.29) is 0 Å². The monoisotopic (exact) mass is 229 g/mol. The summed E-state index contributed by atoms with van der Waals surface area (Å²) in [5.41, 5.74) is 6.94. The molecule has 2 rings (SSSR count). The van der Waals surface area contributed by atoms with Crippen LogP contribution in [0, 0.1) is 11.3 Å². The standard InChI is InChI=1S/C12H11N3S/c1-2-9-4-6-11(16-9)10-5-3-8(7-13)12(14)15-10/h3-6H,2H2,1H3,(H2,14,15). The molecule has 0 atom stereocenters. The van der Waals surface area contributed by atoms with Gasteiger partial charge in [0.15, 0.2) is 0 Å². The first-order chi connectivity index (χ1) is 7.74. The summed E-state index contributed by atoms with van der Waals surface area (Å²) < 4.78 is 0. The number of pyridine rings is 1. The first-order valence-electron chi connectivity index (χ1n) is 5.00. The topological polar surface area (TPSA) is 62.7 Å². The van der Waals surface area contributed by atoms with Crippen LogP contribution in [0.3, 0.4) is 0 Å². The lowest BCUT2D eigenvalue weighted by Gasteiger charge is -1.99. The van der Waals surface area contributed by atoms with Gasteiger partial charge in [-0.15, -0.1) is 11.3 Å². The summed E-state index contributed by atoms with van der Waals surface area (Å²) in [6.45, 7) is 2.12. The maximum atomic E-state index is 8.75. The summed E-state index contributed by atoms with van der Waals surface area (Å²) in [7, 11) is 0. The van der Waals surface area contributed by atoms with Crippen LogP contribution >= 0.6 is 11.3 Å². The molecule has 0 spiro atoms. The quantitative estimate of drug-likeness (QED) is 0.861. The molecule has 0 aliphatic rings. The SMILES string of the molecule is CCc1ccc(-c2ccc(C#N)c(N)n2)s1. The smallest absolute Gasteiger partial charge is 0.142 e. The number of nitriles is 1. The van der Waals surface area contributed by atoms with Gasteiger partial charge in [-0.2, -0.15) is 5.26 Å². The Bertz CT molecular complexity index is 552. The third kappa shape index (κ3) is 1.90. The number of nitrogens with two attached hydrogens (primary N) is 1. The second kappa shape index (κ2) is 4.33. The Hall–Kier alpha value is -1.86. The van der Waals surface area contributed by atoms with Crippen LogP contribution in [0.5, 0.6) is 0 Å². The van der Waals surface area contributed by atoms with Crippen molar-refractivity contribution < 1.29 is 0 Å². The van der Waals surface area contributed by atoms with Gasteiger partial charge in [0.05, 0.1) is 16.1 Å². The third-order valence-electron chi connectivity index (χ3n) is 2.31. The van der Waals surface area contributed by atoms with E-state index in [2.05, 4.69) is 18.0 Å². The highest BCUT2D eigenvalue weighted by Gasteiger charge is 2.06. The Morgan fingerprint density at radius 3 is 2.75 bits per heavy atom. The molecule has 0 radical (unpaired) electrons. The fraction of sp³-hybridized carbons (Fsp3) is 0.167. The highest BCUT2D eigenvalue weighted by molar-refractivity contribution is 7.15. The highest BCUT2D eigenvalue weighted by Crippen LogP contribution is 2.28. The molecule has 0 aliphatic carbocycles. The third-order valence-corrected chi connectivity index (χ3v) is 3.56. The molecule has 2 heterocycles. The minimum absolute atomic E-state index is 0.298. The summed E-state index contributed by atoms with van der Waals surface area (Å²) in [4.78, 5) is 6.64. The molecule has 4 heteroatoms. The molecule has 0 unspecified atom stereocenters. The number of aryl methyl sites for hydroxylation is 1. The van der Waals surface area contributed by atoms with Crippen molar-refractivity contribution in [3.05, 3.63) is 34.7 Å². The number of hydrogen-bond acceptors (Lipinski definition) is 4. The van der Waals surface area contributed by atoms with Crippen LogP contribution in [0.25, 0.3) is 10.6 Å². The van der Waals surface area contributed by atoms with Crippen molar-refractivity contribution in [3.8, 4) is 16.6 Å². The summed E-state index contributed by atoms with van der Waals surface area (Å²) in [5, 5.41) is 8.75. The zero-order chi connectivity index (χ0) is 11.5. The minimum Gasteiger partial charge on any atom is -0.383 e. The minimum atomic E-state index is 0.298. The van der Waals surface area contributed by atoms with E-state index in [0.717, 1.165) is 17.0 Å². The first-order valence-corrected chi connectivity index (χ1v) is 5.82. The lowest BCUT2D eigenvalue weighted by atomic mass is 10.2. The molecule has 80 valence electrons. The van der Waals surface area contributed by atoms with Gasteiger partial charge in [-0.25, -0.2) is 4.98 Å². The van der Waals surface area contributed by atoms with Crippen LogP contribution in [0.4, 0.5) is 5.82 Å². The van der Waals surface area contributed by atoms with E-state index in [0.29, 0.717) is 11.4 Å². The van der Waals surface area contributed by atoms with Crippen LogP contribution < -0.4 is 5.73 Å². The van der Waals surface area contributed by atoms with Crippen molar-refractivity contribution in [1.82, 2.24) is 4.98 Å². The van der Waals surface area contributed by atoms with Crippen LogP contribution in [-0.2, 0) is 6.42 Å². The molecule has 0 bridgehead atoms. The normalized spacial score (nSPS) is 10.0. The Labute approximate surface area is 98.2 Å². The molecule has 0 aliphatic heterocycles. The molecule has 16 heavy (non-hydrogen) atoms. The number of anilines is 1. The summed E-state index contributed by atoms with van der Waals surface area (Å²) in [6.07, 6.45) is 1.02. The van der Waals surface area contributed by atoms with Gasteiger partial charge >= 0.3 is 0 Å². The fourth-order valence-corrected chi connectivity index (χ4v) is 2.33. The number of aromatic nitrogens is 1. The van der Waals surface area contributed by atoms with E-state index >= 15 is 0 Å². The lowest BCUT2D eigenvalue weighted by Crippen LogP contribution is -1.95. The average molecular weight is 229 g/mol. The second-order valence-electron chi connectivity index (χ2n) is 3.36. The molecule has 2 aromatic rings. The van der Waals surface area contributed by atoms with Gasteiger partial charge in [-0.1, -0.05) is 6.92 Å². The average Bonchev–Trinajstić information content (AvgIpc) is 2.77. The van der Waals surface area contributed by atoms with Crippen LogP contribution in [0.1, 0.15) is 17.4 Å². The molecule has 3 nitrogen and oxygen atoms in total. The predicted molar refractivity (Wildman–Crippen MR) is 66.1 cm³/mol. The van der Waals surface area contributed by atoms with Crippen molar-refractivity contribution >= 4 is 17.2 Å². The molecule has 0 amide bonds. The van der Waals surface area contributed by atoms with Gasteiger partial charge in [0.2, 0.25) is 0 Å². The van der Waals surface area contributed by atoms with Crippen molar-refractivity contribution in [1.29, 1.82) is 5.26 Å². The van der Waals surface area contributed by atoms with E-state index in [9.17, 15) is 0 Å². The largest absolute Gasteiger partial charge is 0.383 e. The van der Waals surface area contributed by atoms with E-state index < -0.39 is 0 Å². The molecule has 2 aromatic heterocycles. The number of thiophene rings is 1. The van der Waals surface area contributed by atoms with Crippen molar-refractivity contribution in [2.24, 2.45) is 0 Å². The zero-order valence-electron chi connectivity index (χ0n) is 8.90. The Morgan fingerprint density at radius 2 is 2.19 bits per heavy atom. The van der Waals surface area contributed by atoms with Gasteiger partial charge in [0.25, 0.3) is 0 Å². The van der Waals surface area contributed by atoms with E-state index in [4.69, 9.17) is 11.0 Å². The maximum absolute atomic E-state index is 8.75. The van der Waals surface area contributed by atoms with Crippen LogP contribution in [-0.4, -0.2) is 4.98 Å². The molecule has 2 N–H and O–H groups in total. The number of hydrogen-bond donors (Lipinski definition) is 1. The predicted octanol–water partition coefficient (Wildman–Crippen LogP) is 2.83. The maximum Gasteiger partial charge on any atom is 0.142 e. The molecular formula is C12H11N3S. The summed E-state index contributed by atoms with van der Waals surface area (Å²) in [6, 6.07) is 9.68. The Morgan fingerprint density at radius 1 is 1.38 bits per heavy atom. The number of rotatable bonds is 2. The van der Waals surface area contributed by atoms with Gasteiger partial charge < -0.3 is 5.73 Å². The zero-order valence-corrected chi connectivity index (χ0v) is 9.71. The highest BCUT2D eigenvalue weighted by atomic mass is 32.1. The first kappa shape index (κ1) is 10.7. The molecule has 0 saturated carbocycles. The molecular weight excluding hydrogens is 218 g/mol. The van der Waals surface area contributed by atoms with Gasteiger partial charge in [-0.05, 0) is 30.7 Å². The lowest BCUT2D eigenvalue weighted by molar-refractivity contribution is 1.19. The second-order valence-corrected chi connectivity index (χ2v) is 4.53. The molecule has 0 aromatic carbocycles. The van der Waals surface area contributed by atoms with E-state index in [1.807, 2.05) is 18.2 Å². The molecule has 0 saturated heterocycles. The summed E-state index contributed by atoms with van der Waals surface area (Å²) in [5.74, 6) is 0.298. The van der Waals surface area contributed by atoms with Gasteiger partial charge in [-0.3, -0.25) is 0 Å². The Kier molecular flexibility index (Phi) is 2.88.